The second kappa shape index (κ2) is 6.28. The van der Waals surface area contributed by atoms with E-state index in [0.717, 1.165) is 0 Å². The number of aliphatic carboxylic acids is 2. The third-order valence-electron chi connectivity index (χ3n) is 1.55. The normalized spacial score (nSPS) is 14.6. The van der Waals surface area contributed by atoms with Crippen LogP contribution in [0.15, 0.2) is 0 Å². The Morgan fingerprint density at radius 2 is 1.72 bits per heavy atom. The van der Waals surface area contributed by atoms with Gasteiger partial charge in [-0.15, -0.1) is 0 Å². The predicted octanol–water partition coefficient (Wildman–Crippen LogP) is -2.89. The minimum absolute atomic E-state index is 1.04. The molecule has 10 nitrogen and oxygen atoms in total. The average molecular weight is 285 g/mol. The van der Waals surface area contributed by atoms with Gasteiger partial charge in [-0.3, -0.25) is 9.59 Å². The summed E-state index contributed by atoms with van der Waals surface area (Å²) in [6.07, 6.45) is -3.21. The van der Waals surface area contributed by atoms with Gasteiger partial charge >= 0.3 is 28.0 Å². The first kappa shape index (κ1) is 16.3. The van der Waals surface area contributed by atoms with Crippen molar-refractivity contribution in [1.29, 1.82) is 0 Å². The van der Waals surface area contributed by atoms with Crippen LogP contribution in [-0.4, -0.2) is 59.5 Å². The van der Waals surface area contributed by atoms with Gasteiger partial charge in [-0.2, -0.15) is 8.42 Å². The highest BCUT2D eigenvalue weighted by Gasteiger charge is 2.29. The summed E-state index contributed by atoms with van der Waals surface area (Å²) in [6, 6.07) is -1.81. The highest BCUT2D eigenvalue weighted by Crippen LogP contribution is 2.02. The number of hydrogen-bond donors (Lipinski definition) is 4. The number of carbonyl (C=O) groups is 3. The smallest absolute Gasteiger partial charge is 0.351 e. The third-order valence-corrected chi connectivity index (χ3v) is 2.74. The Balaban J connectivity index is 4.54. The Bertz CT molecular complexity index is 442. The first-order chi connectivity index (χ1) is 8.05. The topological polar surface area (TPSA) is 181 Å². The van der Waals surface area contributed by atoms with E-state index in [2.05, 4.69) is 4.18 Å². The van der Waals surface area contributed by atoms with Crippen molar-refractivity contribution in [2.75, 3.05) is 5.75 Å². The lowest BCUT2D eigenvalue weighted by Gasteiger charge is -2.10. The second-order valence-corrected chi connectivity index (χ2v) is 4.80. The number of aliphatic hydroxyl groups is 1. The fraction of sp³-hybridized carbons (Fsp3) is 0.571. The molecule has 5 N–H and O–H groups in total. The number of carbonyl (C=O) groups excluding carboxylic acids is 1. The maximum atomic E-state index is 11.1. The molecule has 0 aromatic heterocycles. The maximum absolute atomic E-state index is 11.1. The van der Waals surface area contributed by atoms with Gasteiger partial charge < -0.3 is 25.2 Å². The van der Waals surface area contributed by atoms with E-state index < -0.39 is 52.3 Å². The quantitative estimate of drug-likeness (QED) is 0.354. The van der Waals surface area contributed by atoms with Gasteiger partial charge in [0.1, 0.15) is 11.8 Å². The number of hydrogen-bond acceptors (Lipinski definition) is 8. The van der Waals surface area contributed by atoms with Crippen LogP contribution in [0.3, 0.4) is 0 Å². The van der Waals surface area contributed by atoms with Crippen molar-refractivity contribution in [3.8, 4) is 0 Å². The minimum atomic E-state index is -4.61. The number of aliphatic hydroxyl groups excluding tert-OH is 1. The lowest BCUT2D eigenvalue weighted by Crippen LogP contribution is -2.39. The molecule has 104 valence electrons. The maximum Gasteiger partial charge on any atom is 0.351 e. The van der Waals surface area contributed by atoms with Crippen molar-refractivity contribution < 1.29 is 42.3 Å². The first-order valence-electron chi connectivity index (χ1n) is 4.39. The summed E-state index contributed by atoms with van der Waals surface area (Å²) in [5.74, 6) is -6.07. The zero-order chi connectivity index (χ0) is 14.5. The number of nitrogens with two attached hydrogens (primary N) is 1. The highest BCUT2D eigenvalue weighted by atomic mass is 32.2. The van der Waals surface area contributed by atoms with Crippen molar-refractivity contribution in [3.63, 3.8) is 0 Å². The Labute approximate surface area is 101 Å². The van der Waals surface area contributed by atoms with Crippen LogP contribution in [-0.2, 0) is 28.7 Å². The molecular weight excluding hydrogens is 274 g/mol. The molecule has 0 aromatic carbocycles. The Morgan fingerprint density at radius 1 is 1.22 bits per heavy atom. The molecule has 0 rings (SSSR count). The van der Waals surface area contributed by atoms with E-state index >= 15 is 0 Å². The summed E-state index contributed by atoms with van der Waals surface area (Å²) >= 11 is 0. The Kier molecular flexibility index (Phi) is 5.68. The summed E-state index contributed by atoms with van der Waals surface area (Å²) in [5, 5.41) is 25.5. The molecule has 0 aromatic rings. The summed E-state index contributed by atoms with van der Waals surface area (Å²) in [6.45, 7) is 0. The van der Waals surface area contributed by atoms with Crippen molar-refractivity contribution in [2.24, 2.45) is 5.73 Å². The van der Waals surface area contributed by atoms with E-state index in [0.29, 0.717) is 0 Å². The monoisotopic (exact) mass is 285 g/mol. The molecule has 0 radical (unpaired) electrons. The molecule has 2 atom stereocenters. The summed E-state index contributed by atoms with van der Waals surface area (Å²) in [4.78, 5) is 31.4. The lowest BCUT2D eigenvalue weighted by atomic mass is 10.3. The summed E-state index contributed by atoms with van der Waals surface area (Å²) in [7, 11) is -4.61. The second-order valence-electron chi connectivity index (χ2n) is 3.19. The van der Waals surface area contributed by atoms with Crippen LogP contribution >= 0.6 is 0 Å². The lowest BCUT2D eigenvalue weighted by molar-refractivity contribution is -0.150. The van der Waals surface area contributed by atoms with Gasteiger partial charge in [0.2, 0.25) is 0 Å². The molecule has 0 heterocycles. The van der Waals surface area contributed by atoms with Crippen LogP contribution in [0.25, 0.3) is 0 Å². The zero-order valence-corrected chi connectivity index (χ0v) is 9.66. The molecule has 11 heteroatoms. The van der Waals surface area contributed by atoms with E-state index in [1.807, 2.05) is 0 Å². The van der Waals surface area contributed by atoms with Gasteiger partial charge in [0.05, 0.1) is 6.42 Å². The van der Waals surface area contributed by atoms with E-state index in [1.54, 1.807) is 0 Å². The van der Waals surface area contributed by atoms with Crippen molar-refractivity contribution in [2.45, 2.75) is 18.6 Å². The molecule has 0 spiro atoms. The average Bonchev–Trinajstić information content (AvgIpc) is 2.14. The van der Waals surface area contributed by atoms with Crippen LogP contribution in [0.5, 0.6) is 0 Å². The predicted molar refractivity (Wildman–Crippen MR) is 53.7 cm³/mol. The molecule has 18 heavy (non-hydrogen) atoms. The number of carboxylic acid groups (broad SMARTS) is 2. The molecule has 0 aliphatic carbocycles. The molecule has 0 amide bonds. The van der Waals surface area contributed by atoms with Crippen LogP contribution in [0.4, 0.5) is 0 Å². The molecule has 0 fully saturated rings. The largest absolute Gasteiger partial charge is 0.481 e. The molecule has 0 bridgehead atoms. The van der Waals surface area contributed by atoms with Gasteiger partial charge in [-0.05, 0) is 0 Å². The van der Waals surface area contributed by atoms with Gasteiger partial charge in [0.25, 0.3) is 0 Å². The molecular formula is C7H11NO9S. The van der Waals surface area contributed by atoms with Crippen molar-refractivity contribution in [3.05, 3.63) is 0 Å². The molecule has 0 saturated heterocycles. The molecule has 0 aliphatic rings. The van der Waals surface area contributed by atoms with Crippen LogP contribution in [0.1, 0.15) is 6.42 Å². The fourth-order valence-corrected chi connectivity index (χ4v) is 1.77. The molecule has 1 unspecified atom stereocenters. The van der Waals surface area contributed by atoms with Gasteiger partial charge in [0.15, 0.2) is 6.10 Å². The SMILES string of the molecule is N[C@@H](CS(=O)(=O)OC(=O)C(O)CC(=O)O)C(=O)O. The fourth-order valence-electron chi connectivity index (χ4n) is 0.755. The number of carboxylic acids is 2. The standard InChI is InChI=1S/C7H11NO9S/c8-3(6(12)13)2-18(15,16)17-7(14)4(9)1-5(10)11/h3-4,9H,1-2,8H2,(H,10,11)(H,12,13)/t3-,4?/m0/s1. The van der Waals surface area contributed by atoms with E-state index in [4.69, 9.17) is 21.1 Å². The van der Waals surface area contributed by atoms with Gasteiger partial charge in [0, 0.05) is 0 Å². The van der Waals surface area contributed by atoms with Crippen LogP contribution < -0.4 is 5.73 Å². The summed E-state index contributed by atoms with van der Waals surface area (Å²) < 4.78 is 26.0. The van der Waals surface area contributed by atoms with E-state index in [9.17, 15) is 22.8 Å². The Hall–Kier alpha value is -1.72. The molecule has 0 saturated carbocycles. The molecule has 0 aliphatic heterocycles. The van der Waals surface area contributed by atoms with E-state index in [-0.39, 0.29) is 0 Å². The van der Waals surface area contributed by atoms with Gasteiger partial charge in [-0.25, -0.2) is 4.79 Å². The zero-order valence-electron chi connectivity index (χ0n) is 8.85. The minimum Gasteiger partial charge on any atom is -0.481 e. The van der Waals surface area contributed by atoms with Crippen LogP contribution in [0, 0.1) is 0 Å². The van der Waals surface area contributed by atoms with Crippen LogP contribution in [0.2, 0.25) is 0 Å². The summed E-state index contributed by atoms with van der Waals surface area (Å²) in [5.41, 5.74) is 4.91. The van der Waals surface area contributed by atoms with Gasteiger partial charge in [-0.1, -0.05) is 0 Å². The third kappa shape index (κ3) is 6.12. The van der Waals surface area contributed by atoms with E-state index in [1.165, 1.54) is 0 Å². The first-order valence-corrected chi connectivity index (χ1v) is 5.97. The van der Waals surface area contributed by atoms with Crippen molar-refractivity contribution in [1.82, 2.24) is 0 Å². The number of rotatable bonds is 7. The Morgan fingerprint density at radius 3 is 2.11 bits per heavy atom. The van der Waals surface area contributed by atoms with Crippen molar-refractivity contribution >= 4 is 28.0 Å². The highest BCUT2D eigenvalue weighted by molar-refractivity contribution is 7.87.